The summed E-state index contributed by atoms with van der Waals surface area (Å²) in [6.07, 6.45) is 1.51. The van der Waals surface area contributed by atoms with Crippen LogP contribution in [0.4, 0.5) is 5.82 Å². The average Bonchev–Trinajstić information content (AvgIpc) is 2.39. The maximum Gasteiger partial charge on any atom is 0.268 e. The first-order valence-corrected chi connectivity index (χ1v) is 7.10. The van der Waals surface area contributed by atoms with Crippen molar-refractivity contribution in [3.8, 4) is 0 Å². The minimum atomic E-state index is -0.132. The summed E-state index contributed by atoms with van der Waals surface area (Å²) in [7, 11) is 0. The van der Waals surface area contributed by atoms with E-state index in [0.717, 1.165) is 18.1 Å². The number of rotatable bonds is 4. The standard InChI is InChI=1S/C13H16BrN5O/c1-4-15-10-5-8(2)17-11(18-10)6-19-7-16-9(3)12(14)13(19)20/h5,7H,4,6H2,1-3H3,(H,15,17,18). The summed E-state index contributed by atoms with van der Waals surface area (Å²) in [5, 5.41) is 3.15. The van der Waals surface area contributed by atoms with Gasteiger partial charge in [-0.25, -0.2) is 15.0 Å². The smallest absolute Gasteiger partial charge is 0.268 e. The number of hydrogen-bond acceptors (Lipinski definition) is 5. The number of nitrogens with one attached hydrogen (secondary N) is 1. The molecule has 0 radical (unpaired) electrons. The van der Waals surface area contributed by atoms with E-state index in [-0.39, 0.29) is 5.56 Å². The van der Waals surface area contributed by atoms with Gasteiger partial charge in [-0.15, -0.1) is 0 Å². The molecule has 0 unspecified atom stereocenters. The van der Waals surface area contributed by atoms with E-state index in [1.807, 2.05) is 19.9 Å². The molecule has 0 aliphatic rings. The van der Waals surface area contributed by atoms with Gasteiger partial charge in [0.25, 0.3) is 5.56 Å². The largest absolute Gasteiger partial charge is 0.370 e. The van der Waals surface area contributed by atoms with Gasteiger partial charge in [0.2, 0.25) is 0 Å². The molecule has 2 heterocycles. The fraction of sp³-hybridized carbons (Fsp3) is 0.385. The number of aryl methyl sites for hydroxylation is 2. The molecule has 0 bridgehead atoms. The third-order valence-corrected chi connectivity index (χ3v) is 3.64. The van der Waals surface area contributed by atoms with Gasteiger partial charge in [-0.3, -0.25) is 9.36 Å². The SMILES string of the molecule is CCNc1cc(C)nc(Cn2cnc(C)c(Br)c2=O)n1. The Hall–Kier alpha value is -1.76. The van der Waals surface area contributed by atoms with Gasteiger partial charge in [-0.1, -0.05) is 0 Å². The fourth-order valence-electron chi connectivity index (χ4n) is 1.78. The van der Waals surface area contributed by atoms with Crippen LogP contribution < -0.4 is 10.9 Å². The Kier molecular flexibility index (Phi) is 4.49. The fourth-order valence-corrected chi connectivity index (χ4v) is 2.11. The van der Waals surface area contributed by atoms with Crippen LogP contribution >= 0.6 is 15.9 Å². The van der Waals surface area contributed by atoms with E-state index in [2.05, 4.69) is 36.2 Å². The van der Waals surface area contributed by atoms with Crippen LogP contribution in [0.25, 0.3) is 0 Å². The van der Waals surface area contributed by atoms with Gasteiger partial charge in [-0.2, -0.15) is 0 Å². The zero-order valence-corrected chi connectivity index (χ0v) is 13.2. The van der Waals surface area contributed by atoms with Crippen LogP contribution in [0.1, 0.15) is 24.1 Å². The quantitative estimate of drug-likeness (QED) is 0.922. The number of hydrogen-bond donors (Lipinski definition) is 1. The van der Waals surface area contributed by atoms with Gasteiger partial charge in [0.1, 0.15) is 10.3 Å². The molecule has 106 valence electrons. The van der Waals surface area contributed by atoms with Crippen molar-refractivity contribution >= 4 is 21.7 Å². The predicted molar refractivity (Wildman–Crippen MR) is 81.0 cm³/mol. The van der Waals surface area contributed by atoms with Crippen LogP contribution in [-0.2, 0) is 6.54 Å². The normalized spacial score (nSPS) is 10.6. The minimum absolute atomic E-state index is 0.132. The molecule has 2 rings (SSSR count). The van der Waals surface area contributed by atoms with Gasteiger partial charge >= 0.3 is 0 Å². The molecule has 20 heavy (non-hydrogen) atoms. The Morgan fingerprint density at radius 1 is 1.35 bits per heavy atom. The maximum atomic E-state index is 12.1. The topological polar surface area (TPSA) is 72.7 Å². The summed E-state index contributed by atoms with van der Waals surface area (Å²) in [6.45, 7) is 6.77. The second kappa shape index (κ2) is 6.13. The van der Waals surface area contributed by atoms with Crippen molar-refractivity contribution < 1.29 is 0 Å². The van der Waals surface area contributed by atoms with E-state index < -0.39 is 0 Å². The van der Waals surface area contributed by atoms with E-state index >= 15 is 0 Å². The highest BCUT2D eigenvalue weighted by atomic mass is 79.9. The monoisotopic (exact) mass is 337 g/mol. The molecular weight excluding hydrogens is 322 g/mol. The molecule has 0 aliphatic carbocycles. The van der Waals surface area contributed by atoms with Gasteiger partial charge in [0.15, 0.2) is 5.82 Å². The van der Waals surface area contributed by atoms with E-state index in [1.54, 1.807) is 6.92 Å². The first kappa shape index (κ1) is 14.6. The molecule has 2 aromatic heterocycles. The molecule has 2 aromatic rings. The van der Waals surface area contributed by atoms with Crippen molar-refractivity contribution in [1.82, 2.24) is 19.5 Å². The van der Waals surface area contributed by atoms with Crippen molar-refractivity contribution in [2.45, 2.75) is 27.3 Å². The highest BCUT2D eigenvalue weighted by molar-refractivity contribution is 9.10. The summed E-state index contributed by atoms with van der Waals surface area (Å²) < 4.78 is 1.96. The Balaban J connectivity index is 2.35. The first-order valence-electron chi connectivity index (χ1n) is 6.31. The van der Waals surface area contributed by atoms with Crippen molar-refractivity contribution in [2.24, 2.45) is 0 Å². The zero-order valence-electron chi connectivity index (χ0n) is 11.6. The summed E-state index contributed by atoms with van der Waals surface area (Å²) in [5.41, 5.74) is 1.40. The molecule has 7 heteroatoms. The molecule has 0 saturated carbocycles. The summed E-state index contributed by atoms with van der Waals surface area (Å²) in [4.78, 5) is 25.0. The summed E-state index contributed by atoms with van der Waals surface area (Å²) >= 11 is 3.25. The predicted octanol–water partition coefficient (Wildman–Crippen LogP) is 1.89. The van der Waals surface area contributed by atoms with E-state index in [1.165, 1.54) is 10.9 Å². The number of aromatic nitrogens is 4. The lowest BCUT2D eigenvalue weighted by Crippen LogP contribution is -2.23. The van der Waals surface area contributed by atoms with Gasteiger partial charge in [0, 0.05) is 18.3 Å². The van der Waals surface area contributed by atoms with Crippen LogP contribution in [0.5, 0.6) is 0 Å². The van der Waals surface area contributed by atoms with E-state index in [9.17, 15) is 4.79 Å². The Labute approximate surface area is 125 Å². The number of anilines is 1. The highest BCUT2D eigenvalue weighted by Crippen LogP contribution is 2.09. The second-order valence-corrected chi connectivity index (χ2v) is 5.21. The third kappa shape index (κ3) is 3.22. The Morgan fingerprint density at radius 3 is 2.80 bits per heavy atom. The second-order valence-electron chi connectivity index (χ2n) is 4.42. The Morgan fingerprint density at radius 2 is 2.10 bits per heavy atom. The molecule has 0 aliphatic heterocycles. The lowest BCUT2D eigenvalue weighted by Gasteiger charge is -2.09. The molecule has 6 nitrogen and oxygen atoms in total. The number of halogens is 1. The maximum absolute atomic E-state index is 12.1. The van der Waals surface area contributed by atoms with Crippen LogP contribution in [0, 0.1) is 13.8 Å². The molecule has 0 atom stereocenters. The van der Waals surface area contributed by atoms with Crippen LogP contribution in [-0.4, -0.2) is 26.1 Å². The number of nitrogens with zero attached hydrogens (tertiary/aromatic N) is 4. The van der Waals surface area contributed by atoms with Gasteiger partial charge in [-0.05, 0) is 36.7 Å². The third-order valence-electron chi connectivity index (χ3n) is 2.73. The van der Waals surface area contributed by atoms with Crippen LogP contribution in [0.3, 0.4) is 0 Å². The van der Waals surface area contributed by atoms with Crippen LogP contribution in [0.2, 0.25) is 0 Å². The molecule has 1 N–H and O–H groups in total. The lowest BCUT2D eigenvalue weighted by molar-refractivity contribution is 0.686. The van der Waals surface area contributed by atoms with E-state index in [4.69, 9.17) is 0 Å². The lowest BCUT2D eigenvalue weighted by atomic mass is 10.4. The van der Waals surface area contributed by atoms with Crippen LogP contribution in [0.15, 0.2) is 21.7 Å². The Bertz CT molecular complexity index is 683. The molecule has 0 saturated heterocycles. The average molecular weight is 338 g/mol. The van der Waals surface area contributed by atoms with Crippen molar-refractivity contribution in [1.29, 1.82) is 0 Å². The van der Waals surface area contributed by atoms with Crippen molar-refractivity contribution in [3.63, 3.8) is 0 Å². The van der Waals surface area contributed by atoms with Crippen molar-refractivity contribution in [3.05, 3.63) is 44.4 Å². The molecule has 0 amide bonds. The minimum Gasteiger partial charge on any atom is -0.370 e. The van der Waals surface area contributed by atoms with Gasteiger partial charge in [0.05, 0.1) is 18.6 Å². The molecule has 0 fully saturated rings. The highest BCUT2D eigenvalue weighted by Gasteiger charge is 2.08. The zero-order chi connectivity index (χ0) is 14.7. The van der Waals surface area contributed by atoms with E-state index in [0.29, 0.717) is 22.5 Å². The first-order chi connectivity index (χ1) is 9.51. The summed E-state index contributed by atoms with van der Waals surface area (Å²) in [5.74, 6) is 1.35. The molecule has 0 aromatic carbocycles. The van der Waals surface area contributed by atoms with Crippen molar-refractivity contribution in [2.75, 3.05) is 11.9 Å². The summed E-state index contributed by atoms with van der Waals surface area (Å²) in [6, 6.07) is 1.87. The molecule has 0 spiro atoms. The van der Waals surface area contributed by atoms with Gasteiger partial charge < -0.3 is 5.32 Å². The molecular formula is C13H16BrN5O.